The van der Waals surface area contributed by atoms with Crippen molar-refractivity contribution in [1.29, 1.82) is 0 Å². The van der Waals surface area contributed by atoms with E-state index in [1.807, 2.05) is 0 Å². The smallest absolute Gasteiger partial charge is 0.0814 e. The Hall–Kier alpha value is -2.32. The second-order valence-corrected chi connectivity index (χ2v) is 14.9. The summed E-state index contributed by atoms with van der Waals surface area (Å²) in [6.07, 6.45) is 25.2. The summed E-state index contributed by atoms with van der Waals surface area (Å²) in [4.78, 5) is 0. The zero-order valence-electron chi connectivity index (χ0n) is 32.4. The SMILES string of the molecule is CCCCCCCCCCCC[B-](c1ccccc1)(c1ccccc1)c1ccccc1.CCCC[N+](CCCC)(CCCC)CCCC. The van der Waals surface area contributed by atoms with Crippen molar-refractivity contribution in [2.75, 3.05) is 26.2 Å². The second kappa shape index (κ2) is 26.5. The summed E-state index contributed by atoms with van der Waals surface area (Å²) in [5.41, 5.74) is 4.41. The molecule has 0 N–H and O–H groups in total. The van der Waals surface area contributed by atoms with Crippen LogP contribution < -0.4 is 16.4 Å². The Morgan fingerprint density at radius 3 is 0.896 bits per heavy atom. The standard InChI is InChI=1S/C30H40B.C16H36N/c1-2-3-4-5-6-7-8-9-10-20-27-31(28-21-14-11-15-22-28,29-23-16-12-17-24-29)30-25-18-13-19-26-30;1-5-9-13-17(14-10-6-2,15-11-7-3)16-12-8-4/h11-19,21-26H,2-10,20,27H2,1H3;5-16H2,1-4H3/q-1;+1. The normalized spacial score (nSPS) is 11.7. The molecule has 0 unspecified atom stereocenters. The minimum absolute atomic E-state index is 0.950. The number of hydrogen-bond donors (Lipinski definition) is 0. The van der Waals surface area contributed by atoms with Crippen LogP contribution in [0.25, 0.3) is 0 Å². The molecule has 0 bridgehead atoms. The van der Waals surface area contributed by atoms with Gasteiger partial charge in [0.1, 0.15) is 0 Å². The molecule has 0 aliphatic rings. The van der Waals surface area contributed by atoms with Crippen LogP contribution in [0.15, 0.2) is 91.0 Å². The van der Waals surface area contributed by atoms with E-state index in [1.165, 1.54) is 169 Å². The molecule has 2 heteroatoms. The third-order valence-corrected chi connectivity index (χ3v) is 11.0. The van der Waals surface area contributed by atoms with Crippen LogP contribution in [0.1, 0.15) is 150 Å². The third kappa shape index (κ3) is 15.1. The van der Waals surface area contributed by atoms with Crippen molar-refractivity contribution in [2.24, 2.45) is 0 Å². The van der Waals surface area contributed by atoms with Crippen molar-refractivity contribution in [3.63, 3.8) is 0 Å². The van der Waals surface area contributed by atoms with Crippen molar-refractivity contribution < 1.29 is 4.48 Å². The Morgan fingerprint density at radius 1 is 0.333 bits per heavy atom. The molecule has 0 saturated heterocycles. The van der Waals surface area contributed by atoms with E-state index < -0.39 is 6.15 Å². The summed E-state index contributed by atoms with van der Waals surface area (Å²) in [6.45, 7) is 17.3. The first-order valence-corrected chi connectivity index (χ1v) is 20.8. The zero-order valence-corrected chi connectivity index (χ0v) is 32.4. The molecule has 0 spiro atoms. The Balaban J connectivity index is 0.000000401. The van der Waals surface area contributed by atoms with E-state index in [4.69, 9.17) is 0 Å². The van der Waals surface area contributed by atoms with Gasteiger partial charge in [-0.05, 0) is 25.7 Å². The predicted octanol–water partition coefficient (Wildman–Crippen LogP) is 12.1. The molecule has 268 valence electrons. The van der Waals surface area contributed by atoms with Crippen LogP contribution in [0.5, 0.6) is 0 Å². The number of unbranched alkanes of at least 4 members (excludes halogenated alkanes) is 13. The number of rotatable bonds is 26. The van der Waals surface area contributed by atoms with E-state index in [2.05, 4.69) is 126 Å². The Bertz CT molecular complexity index is 978. The first-order valence-electron chi connectivity index (χ1n) is 20.8. The van der Waals surface area contributed by atoms with Gasteiger partial charge < -0.3 is 4.48 Å². The first-order chi connectivity index (χ1) is 23.6. The molecule has 1 nitrogen and oxygen atoms in total. The second-order valence-electron chi connectivity index (χ2n) is 14.9. The minimum Gasteiger partial charge on any atom is -0.324 e. The number of nitrogens with zero attached hydrogens (tertiary/aromatic N) is 1. The van der Waals surface area contributed by atoms with Gasteiger partial charge in [0, 0.05) is 0 Å². The van der Waals surface area contributed by atoms with Crippen LogP contribution in [-0.2, 0) is 0 Å². The monoisotopic (exact) mass is 654 g/mol. The summed E-state index contributed by atoms with van der Waals surface area (Å²) in [5.74, 6) is 0. The van der Waals surface area contributed by atoms with E-state index in [9.17, 15) is 0 Å². The fraction of sp³-hybridized carbons (Fsp3) is 0.609. The molecule has 0 aromatic heterocycles. The topological polar surface area (TPSA) is 0 Å². The van der Waals surface area contributed by atoms with E-state index >= 15 is 0 Å². The molecule has 0 fully saturated rings. The summed E-state index contributed by atoms with van der Waals surface area (Å²) in [5, 5.41) is 0. The Kier molecular flexibility index (Phi) is 23.1. The van der Waals surface area contributed by atoms with Gasteiger partial charge in [-0.1, -0.05) is 216 Å². The Morgan fingerprint density at radius 2 is 0.604 bits per heavy atom. The highest BCUT2D eigenvalue weighted by molar-refractivity contribution is 7.11. The quantitative estimate of drug-likeness (QED) is 0.0459. The highest BCUT2D eigenvalue weighted by Crippen LogP contribution is 2.19. The summed E-state index contributed by atoms with van der Waals surface area (Å²) >= 11 is 0. The minimum atomic E-state index is -0.950. The molecule has 0 amide bonds. The molecular weight excluding hydrogens is 577 g/mol. The summed E-state index contributed by atoms with van der Waals surface area (Å²) < 4.78 is 1.42. The lowest BCUT2D eigenvalue weighted by Gasteiger charge is -2.43. The number of hydrogen-bond acceptors (Lipinski definition) is 0. The van der Waals surface area contributed by atoms with Crippen molar-refractivity contribution >= 4 is 22.5 Å². The van der Waals surface area contributed by atoms with Crippen LogP contribution in [-0.4, -0.2) is 36.8 Å². The van der Waals surface area contributed by atoms with E-state index in [0.29, 0.717) is 0 Å². The first kappa shape index (κ1) is 41.9. The lowest BCUT2D eigenvalue weighted by molar-refractivity contribution is -0.929. The van der Waals surface area contributed by atoms with Gasteiger partial charge in [0.05, 0.1) is 32.3 Å². The average Bonchev–Trinajstić information content (AvgIpc) is 3.15. The van der Waals surface area contributed by atoms with Crippen molar-refractivity contribution in [2.45, 2.75) is 157 Å². The third-order valence-electron chi connectivity index (χ3n) is 11.0. The van der Waals surface area contributed by atoms with E-state index in [0.717, 1.165) is 0 Å². The van der Waals surface area contributed by atoms with Crippen LogP contribution >= 0.6 is 0 Å². The maximum atomic E-state index is 2.34. The van der Waals surface area contributed by atoms with Gasteiger partial charge in [-0.2, -0.15) is 22.7 Å². The van der Waals surface area contributed by atoms with Gasteiger partial charge in [-0.25, -0.2) is 0 Å². The van der Waals surface area contributed by atoms with Crippen LogP contribution in [0, 0.1) is 0 Å². The molecule has 3 aromatic rings. The van der Waals surface area contributed by atoms with Gasteiger partial charge in [-0.3, -0.25) is 0 Å². The molecule has 0 saturated carbocycles. The molecule has 48 heavy (non-hydrogen) atoms. The molecule has 0 radical (unpaired) electrons. The van der Waals surface area contributed by atoms with Crippen molar-refractivity contribution in [3.05, 3.63) is 91.0 Å². The fourth-order valence-electron chi connectivity index (χ4n) is 8.00. The van der Waals surface area contributed by atoms with E-state index in [1.54, 1.807) is 0 Å². The van der Waals surface area contributed by atoms with E-state index in [-0.39, 0.29) is 0 Å². The molecule has 0 atom stereocenters. The van der Waals surface area contributed by atoms with Crippen molar-refractivity contribution in [1.82, 2.24) is 0 Å². The maximum Gasteiger partial charge on any atom is 0.0814 e. The average molecular weight is 654 g/mol. The fourth-order valence-corrected chi connectivity index (χ4v) is 8.00. The van der Waals surface area contributed by atoms with Gasteiger partial charge in [0.25, 0.3) is 0 Å². The number of quaternary nitrogens is 1. The molecule has 0 aliphatic carbocycles. The predicted molar refractivity (Wildman–Crippen MR) is 220 cm³/mol. The van der Waals surface area contributed by atoms with Crippen LogP contribution in [0.2, 0.25) is 6.32 Å². The lowest BCUT2D eigenvalue weighted by atomic mass is 9.14. The van der Waals surface area contributed by atoms with Gasteiger partial charge in [0.2, 0.25) is 0 Å². The highest BCUT2D eigenvalue weighted by Gasteiger charge is 2.29. The Labute approximate surface area is 299 Å². The van der Waals surface area contributed by atoms with Crippen LogP contribution in [0.3, 0.4) is 0 Å². The molecule has 0 heterocycles. The van der Waals surface area contributed by atoms with Gasteiger partial charge in [-0.15, -0.1) is 0 Å². The lowest BCUT2D eigenvalue weighted by Crippen LogP contribution is -2.66. The summed E-state index contributed by atoms with van der Waals surface area (Å²) in [7, 11) is 0. The molecule has 3 aromatic carbocycles. The van der Waals surface area contributed by atoms with Gasteiger partial charge in [0.15, 0.2) is 0 Å². The summed E-state index contributed by atoms with van der Waals surface area (Å²) in [6, 6.07) is 33.7. The zero-order chi connectivity index (χ0) is 34.6. The van der Waals surface area contributed by atoms with Crippen molar-refractivity contribution in [3.8, 4) is 0 Å². The maximum absolute atomic E-state index is 2.34. The molecule has 3 rings (SSSR count). The number of benzene rings is 3. The molecule has 0 aliphatic heterocycles. The largest absolute Gasteiger partial charge is 0.324 e. The highest BCUT2D eigenvalue weighted by atomic mass is 15.3. The van der Waals surface area contributed by atoms with Gasteiger partial charge >= 0.3 is 0 Å². The van der Waals surface area contributed by atoms with Crippen LogP contribution in [0.4, 0.5) is 0 Å². The molecular formula is C46H76BN.